The highest BCUT2D eigenvalue weighted by atomic mass is 35.5. The van der Waals surface area contributed by atoms with E-state index in [2.05, 4.69) is 19.4 Å². The first-order valence-corrected chi connectivity index (χ1v) is 10.5. The lowest BCUT2D eigenvalue weighted by molar-refractivity contribution is 0.0600. The van der Waals surface area contributed by atoms with Crippen molar-refractivity contribution < 1.29 is 22.3 Å². The highest BCUT2D eigenvalue weighted by Gasteiger charge is 2.22. The molecule has 2 aromatic carbocycles. The Labute approximate surface area is 177 Å². The molecule has 0 amide bonds. The van der Waals surface area contributed by atoms with Crippen molar-refractivity contribution in [2.45, 2.75) is 18.7 Å². The first-order chi connectivity index (χ1) is 14.1. The number of carbonyl (C=O) groups is 1. The van der Waals surface area contributed by atoms with Crippen molar-refractivity contribution in [1.82, 2.24) is 9.97 Å². The van der Waals surface area contributed by atoms with Crippen LogP contribution in [0.5, 0.6) is 0 Å². The molecule has 0 aliphatic carbocycles. The molecule has 30 heavy (non-hydrogen) atoms. The van der Waals surface area contributed by atoms with Crippen LogP contribution in [0.25, 0.3) is 11.3 Å². The van der Waals surface area contributed by atoms with Gasteiger partial charge in [-0.3, -0.25) is 0 Å². The fraction of sp³-hybridized carbons (Fsp3) is 0.150. The number of aryl methyl sites for hydroxylation is 2. The van der Waals surface area contributed by atoms with E-state index in [4.69, 9.17) is 11.6 Å². The van der Waals surface area contributed by atoms with Gasteiger partial charge in [-0.15, -0.1) is 0 Å². The topological polar surface area (TPSA) is 98.2 Å². The van der Waals surface area contributed by atoms with E-state index in [1.807, 2.05) is 6.07 Å². The van der Waals surface area contributed by atoms with Gasteiger partial charge in [0.15, 0.2) is 11.0 Å². The fourth-order valence-electron chi connectivity index (χ4n) is 2.91. The molecule has 0 aliphatic heterocycles. The van der Waals surface area contributed by atoms with Gasteiger partial charge >= 0.3 is 5.97 Å². The first kappa shape index (κ1) is 21.7. The third kappa shape index (κ3) is 4.27. The second kappa shape index (κ2) is 8.37. The van der Waals surface area contributed by atoms with Crippen LogP contribution in [0.4, 0.5) is 10.3 Å². The predicted octanol–water partition coefficient (Wildman–Crippen LogP) is 4.14. The minimum Gasteiger partial charge on any atom is -0.465 e. The highest BCUT2D eigenvalue weighted by molar-refractivity contribution is 7.92. The Morgan fingerprint density at radius 2 is 1.73 bits per heavy atom. The Hall–Kier alpha value is -3.04. The molecule has 0 bridgehead atoms. The summed E-state index contributed by atoms with van der Waals surface area (Å²) in [5, 5.41) is -0.524. The summed E-state index contributed by atoms with van der Waals surface area (Å²) >= 11 is 5.91. The molecule has 0 aliphatic rings. The number of anilines is 1. The first-order valence-electron chi connectivity index (χ1n) is 8.65. The van der Waals surface area contributed by atoms with Gasteiger partial charge in [-0.05, 0) is 43.2 Å². The van der Waals surface area contributed by atoms with Crippen molar-refractivity contribution in [1.29, 1.82) is 0 Å². The number of sulfonamides is 1. The van der Waals surface area contributed by atoms with Gasteiger partial charge in [0.05, 0.1) is 17.6 Å². The summed E-state index contributed by atoms with van der Waals surface area (Å²) in [5.74, 6) is -1.95. The molecule has 7 nitrogen and oxygen atoms in total. The van der Waals surface area contributed by atoms with E-state index in [1.54, 1.807) is 26.0 Å². The highest BCUT2D eigenvalue weighted by Crippen LogP contribution is 2.31. The van der Waals surface area contributed by atoms with E-state index in [1.165, 1.54) is 25.3 Å². The van der Waals surface area contributed by atoms with Crippen LogP contribution >= 0.6 is 11.6 Å². The van der Waals surface area contributed by atoms with Gasteiger partial charge in [-0.1, -0.05) is 35.9 Å². The number of rotatable bonds is 5. The summed E-state index contributed by atoms with van der Waals surface area (Å²) in [7, 11) is -3.00. The molecule has 0 radical (unpaired) electrons. The number of benzene rings is 2. The van der Waals surface area contributed by atoms with E-state index in [9.17, 15) is 17.6 Å². The molecule has 1 aromatic heterocycles. The molecule has 0 fully saturated rings. The Balaban J connectivity index is 2.06. The monoisotopic (exact) mass is 449 g/mol. The van der Waals surface area contributed by atoms with Gasteiger partial charge in [-0.2, -0.15) is 4.98 Å². The maximum Gasteiger partial charge on any atom is 0.337 e. The average Bonchev–Trinajstić information content (AvgIpc) is 2.70. The summed E-state index contributed by atoms with van der Waals surface area (Å²) in [6.07, 6.45) is 0. The van der Waals surface area contributed by atoms with Crippen molar-refractivity contribution >= 4 is 33.5 Å². The van der Waals surface area contributed by atoms with Crippen LogP contribution in [0.15, 0.2) is 47.4 Å². The molecule has 0 saturated heterocycles. The fourth-order valence-corrected chi connectivity index (χ4v) is 4.07. The summed E-state index contributed by atoms with van der Waals surface area (Å²) in [5.41, 5.74) is 1.90. The minimum atomic E-state index is -4.19. The Morgan fingerprint density at radius 3 is 2.37 bits per heavy atom. The molecule has 0 saturated carbocycles. The zero-order valence-electron chi connectivity index (χ0n) is 16.2. The van der Waals surface area contributed by atoms with Crippen LogP contribution in [0, 0.1) is 19.7 Å². The molecule has 1 N–H and O–H groups in total. The van der Waals surface area contributed by atoms with Crippen LogP contribution < -0.4 is 4.72 Å². The lowest BCUT2D eigenvalue weighted by atomic mass is 10.00. The largest absolute Gasteiger partial charge is 0.465 e. The van der Waals surface area contributed by atoms with E-state index in [0.29, 0.717) is 5.56 Å². The number of ether oxygens (including phenoxy) is 1. The summed E-state index contributed by atoms with van der Waals surface area (Å²) in [6.45, 7) is 3.56. The van der Waals surface area contributed by atoms with Crippen LogP contribution in [-0.2, 0) is 14.8 Å². The number of hydrogen-bond donors (Lipinski definition) is 1. The van der Waals surface area contributed by atoms with Gasteiger partial charge in [0.2, 0.25) is 5.95 Å². The molecular formula is C20H17ClFN3O4S. The van der Waals surface area contributed by atoms with Gasteiger partial charge < -0.3 is 4.74 Å². The van der Waals surface area contributed by atoms with Crippen LogP contribution in [0.2, 0.25) is 5.15 Å². The Kier molecular flexibility index (Phi) is 6.04. The van der Waals surface area contributed by atoms with Gasteiger partial charge in [-0.25, -0.2) is 27.3 Å². The minimum absolute atomic E-state index is 0.0506. The number of nitrogens with one attached hydrogen (secondary N) is 1. The number of methoxy groups -OCH3 is 1. The molecule has 0 spiro atoms. The van der Waals surface area contributed by atoms with E-state index >= 15 is 0 Å². The maximum absolute atomic E-state index is 14.7. The second-order valence-corrected chi connectivity index (χ2v) is 8.43. The summed E-state index contributed by atoms with van der Waals surface area (Å²) < 4.78 is 47.0. The van der Waals surface area contributed by atoms with Gasteiger partial charge in [0.1, 0.15) is 5.69 Å². The zero-order valence-corrected chi connectivity index (χ0v) is 17.8. The second-order valence-electron chi connectivity index (χ2n) is 6.39. The lowest BCUT2D eigenvalue weighted by Gasteiger charge is -2.13. The number of halogens is 2. The van der Waals surface area contributed by atoms with E-state index < -0.39 is 32.9 Å². The molecule has 3 aromatic rings. The number of nitrogens with zero attached hydrogens (tertiary/aromatic N) is 2. The van der Waals surface area contributed by atoms with Crippen molar-refractivity contribution in [3.63, 3.8) is 0 Å². The van der Waals surface area contributed by atoms with E-state index in [-0.39, 0.29) is 16.2 Å². The number of esters is 1. The standard InChI is InChI=1S/C20H17ClFN3O4S/c1-11-6-4-7-12(2)15(11)17-16(22)18(21)24-20(23-17)25-30(27,28)14-9-5-8-13(10-14)19(26)29-3/h4-10H,1-3H3,(H,23,24,25). The summed E-state index contributed by atoms with van der Waals surface area (Å²) in [4.78, 5) is 19.2. The molecular weight excluding hydrogens is 433 g/mol. The van der Waals surface area contributed by atoms with Crippen molar-refractivity contribution in [2.24, 2.45) is 0 Å². The lowest BCUT2D eigenvalue weighted by Crippen LogP contribution is -2.17. The average molecular weight is 450 g/mol. The molecule has 0 unspecified atom stereocenters. The van der Waals surface area contributed by atoms with E-state index in [0.717, 1.165) is 17.2 Å². The smallest absolute Gasteiger partial charge is 0.337 e. The molecule has 0 atom stereocenters. The molecule has 1 heterocycles. The summed E-state index contributed by atoms with van der Waals surface area (Å²) in [6, 6.07) is 10.6. The van der Waals surface area contributed by atoms with Gasteiger partial charge in [0.25, 0.3) is 10.0 Å². The molecule has 3 rings (SSSR count). The quantitative estimate of drug-likeness (QED) is 0.464. The van der Waals surface area contributed by atoms with Crippen LogP contribution in [0.1, 0.15) is 21.5 Å². The zero-order chi connectivity index (χ0) is 22.1. The number of hydrogen-bond acceptors (Lipinski definition) is 6. The maximum atomic E-state index is 14.7. The third-order valence-corrected chi connectivity index (χ3v) is 5.90. The third-order valence-electron chi connectivity index (χ3n) is 4.32. The van der Waals surface area contributed by atoms with Crippen LogP contribution in [-0.4, -0.2) is 31.5 Å². The Morgan fingerprint density at radius 1 is 1.10 bits per heavy atom. The van der Waals surface area contributed by atoms with Crippen molar-refractivity contribution in [2.75, 3.05) is 11.8 Å². The van der Waals surface area contributed by atoms with Crippen molar-refractivity contribution in [3.05, 3.63) is 70.1 Å². The van der Waals surface area contributed by atoms with Crippen LogP contribution in [0.3, 0.4) is 0 Å². The number of aromatic nitrogens is 2. The van der Waals surface area contributed by atoms with Gasteiger partial charge in [0, 0.05) is 5.56 Å². The molecule has 156 valence electrons. The molecule has 10 heteroatoms. The SMILES string of the molecule is COC(=O)c1cccc(S(=O)(=O)Nc2nc(Cl)c(F)c(-c3c(C)cccc3C)n2)c1. The number of carbonyl (C=O) groups excluding carboxylic acids is 1. The predicted molar refractivity (Wildman–Crippen MR) is 110 cm³/mol. The normalized spacial score (nSPS) is 11.2. The van der Waals surface area contributed by atoms with Crippen molar-refractivity contribution in [3.8, 4) is 11.3 Å². The Bertz CT molecular complexity index is 1230.